The molecule has 1 fully saturated rings. The van der Waals surface area contributed by atoms with Crippen molar-refractivity contribution < 1.29 is 23.8 Å². The number of rotatable bonds is 8. The first kappa shape index (κ1) is 28.5. The molecular weight excluding hydrogens is 498 g/mol. The first-order valence-electron chi connectivity index (χ1n) is 13.5. The van der Waals surface area contributed by atoms with Gasteiger partial charge in [-0.1, -0.05) is 56.4 Å². The molecule has 1 aromatic rings. The van der Waals surface area contributed by atoms with Gasteiger partial charge in [-0.05, 0) is 51.7 Å². The number of aliphatic imine (C=N–C) groups is 1. The molecule has 0 radical (unpaired) electrons. The molecule has 0 saturated heterocycles. The fraction of sp³-hybridized carbons (Fsp3) is 0.621. The van der Waals surface area contributed by atoms with Crippen LogP contribution in [0, 0.1) is 0 Å². The van der Waals surface area contributed by atoms with Crippen molar-refractivity contribution >= 4 is 25.9 Å². The third kappa shape index (κ3) is 5.20. The summed E-state index contributed by atoms with van der Waals surface area (Å²) in [6.45, 7) is 15.3. The number of nitrogens with zero attached hydrogens (tertiary/aromatic N) is 2. The van der Waals surface area contributed by atoms with Crippen LogP contribution in [0.15, 0.2) is 46.5 Å². The van der Waals surface area contributed by atoms with Crippen LogP contribution in [0.3, 0.4) is 0 Å². The normalized spacial score (nSPS) is 20.9. The molecule has 9 heteroatoms. The van der Waals surface area contributed by atoms with E-state index in [1.54, 1.807) is 12.0 Å². The predicted octanol–water partition coefficient (Wildman–Crippen LogP) is 5.45. The Morgan fingerprint density at radius 2 is 1.82 bits per heavy atom. The van der Waals surface area contributed by atoms with Gasteiger partial charge in [-0.3, -0.25) is 14.7 Å². The first-order valence-corrected chi connectivity index (χ1v) is 17.0. The molecule has 8 nitrogen and oxygen atoms in total. The summed E-state index contributed by atoms with van der Waals surface area (Å²) in [5, 5.41) is 2.93. The van der Waals surface area contributed by atoms with E-state index >= 15 is 0 Å². The van der Waals surface area contributed by atoms with Crippen molar-refractivity contribution in [2.45, 2.75) is 89.1 Å². The lowest BCUT2D eigenvalue weighted by molar-refractivity contribution is -0.231. The predicted molar refractivity (Wildman–Crippen MR) is 151 cm³/mol. The van der Waals surface area contributed by atoms with Crippen molar-refractivity contribution in [3.05, 3.63) is 47.0 Å². The fourth-order valence-corrected chi connectivity index (χ4v) is 8.31. The molecule has 4 rings (SSSR count). The van der Waals surface area contributed by atoms with Crippen molar-refractivity contribution in [2.24, 2.45) is 4.99 Å². The van der Waals surface area contributed by atoms with E-state index in [1.807, 2.05) is 58.0 Å². The highest BCUT2D eigenvalue weighted by molar-refractivity contribution is 6.82. The Balaban J connectivity index is 1.44. The van der Waals surface area contributed by atoms with Gasteiger partial charge in [0.25, 0.3) is 0 Å². The van der Waals surface area contributed by atoms with Crippen molar-refractivity contribution in [3.63, 3.8) is 0 Å². The fourth-order valence-electron chi connectivity index (χ4n) is 5.71. The lowest BCUT2D eigenvalue weighted by Crippen LogP contribution is -2.55. The number of nitrogens with one attached hydrogen (secondary N) is 1. The van der Waals surface area contributed by atoms with Crippen LogP contribution in [0.1, 0.15) is 58.6 Å². The summed E-state index contributed by atoms with van der Waals surface area (Å²) in [7, 11) is -0.125. The number of carbonyl (C=O) groups excluding carboxylic acids is 2. The molecule has 38 heavy (non-hydrogen) atoms. The second kappa shape index (κ2) is 10.2. The number of carbonyl (C=O) groups is 2. The third-order valence-electron chi connectivity index (χ3n) is 8.75. The maximum atomic E-state index is 13.5. The Bertz CT molecular complexity index is 1130. The van der Waals surface area contributed by atoms with Gasteiger partial charge in [0, 0.05) is 17.7 Å². The maximum absolute atomic E-state index is 13.5. The summed E-state index contributed by atoms with van der Waals surface area (Å²) in [4.78, 5) is 33.3. The summed E-state index contributed by atoms with van der Waals surface area (Å²) >= 11 is 0. The zero-order valence-corrected chi connectivity index (χ0v) is 25.1. The SMILES string of the molecule is COC(C)(C)OC(COC(=O)N1CC2=C(CN=C2NC(=O)C2([Si](C)(C)C)CCC2)C1(C)C)c1ccccc1. The molecule has 0 spiro atoms. The van der Waals surface area contributed by atoms with E-state index in [2.05, 4.69) is 30.0 Å². The minimum atomic E-state index is -1.71. The number of amidine groups is 1. The lowest BCUT2D eigenvalue weighted by Gasteiger charge is -2.49. The van der Waals surface area contributed by atoms with Crippen LogP contribution in [0.5, 0.6) is 0 Å². The number of ether oxygens (including phenoxy) is 3. The van der Waals surface area contributed by atoms with Gasteiger partial charge in [0.1, 0.15) is 18.5 Å². The van der Waals surface area contributed by atoms with E-state index in [0.717, 1.165) is 36.0 Å². The third-order valence-corrected chi connectivity index (χ3v) is 12.4. The van der Waals surface area contributed by atoms with Gasteiger partial charge in [-0.25, -0.2) is 4.79 Å². The maximum Gasteiger partial charge on any atom is 0.410 e. The molecule has 208 valence electrons. The highest BCUT2D eigenvalue weighted by atomic mass is 28.3. The molecule has 3 aliphatic rings. The van der Waals surface area contributed by atoms with Crippen molar-refractivity contribution in [1.29, 1.82) is 0 Å². The van der Waals surface area contributed by atoms with Gasteiger partial charge in [0.05, 0.1) is 26.7 Å². The summed E-state index contributed by atoms with van der Waals surface area (Å²) in [5.41, 5.74) is 2.30. The Hall–Kier alpha value is -2.49. The Morgan fingerprint density at radius 3 is 2.37 bits per heavy atom. The summed E-state index contributed by atoms with van der Waals surface area (Å²) in [5.74, 6) is -0.136. The molecule has 1 N–H and O–H groups in total. The van der Waals surface area contributed by atoms with E-state index in [-0.39, 0.29) is 17.6 Å². The highest BCUT2D eigenvalue weighted by Gasteiger charge is 2.54. The number of methoxy groups -OCH3 is 1. The topological polar surface area (TPSA) is 89.5 Å². The largest absolute Gasteiger partial charge is 0.446 e. The minimum absolute atomic E-state index is 0.0449. The van der Waals surface area contributed by atoms with Crippen molar-refractivity contribution in [3.8, 4) is 0 Å². The smallest absolute Gasteiger partial charge is 0.410 e. The Kier molecular flexibility index (Phi) is 7.68. The van der Waals surface area contributed by atoms with Crippen LogP contribution in [-0.4, -0.2) is 68.9 Å². The average Bonchev–Trinajstić information content (AvgIpc) is 3.33. The van der Waals surface area contributed by atoms with Crippen LogP contribution >= 0.6 is 0 Å². The molecule has 1 saturated carbocycles. The summed E-state index contributed by atoms with van der Waals surface area (Å²) in [6, 6.07) is 9.68. The number of hydrogen-bond donors (Lipinski definition) is 1. The van der Waals surface area contributed by atoms with E-state index in [0.29, 0.717) is 18.9 Å². The van der Waals surface area contributed by atoms with Gasteiger partial charge >= 0.3 is 6.09 Å². The first-order chi connectivity index (χ1) is 17.7. The van der Waals surface area contributed by atoms with Crippen molar-refractivity contribution in [1.82, 2.24) is 10.2 Å². The molecule has 1 atom stereocenters. The molecule has 2 amide bonds. The van der Waals surface area contributed by atoms with Gasteiger partial charge in [-0.2, -0.15) is 0 Å². The van der Waals surface area contributed by atoms with Gasteiger partial charge in [-0.15, -0.1) is 0 Å². The Morgan fingerprint density at radius 1 is 1.16 bits per heavy atom. The summed E-state index contributed by atoms with van der Waals surface area (Å²) in [6.07, 6.45) is 2.08. The minimum Gasteiger partial charge on any atom is -0.446 e. The van der Waals surface area contributed by atoms with E-state index in [9.17, 15) is 9.59 Å². The van der Waals surface area contributed by atoms with Crippen LogP contribution in [0.2, 0.25) is 24.7 Å². The van der Waals surface area contributed by atoms with E-state index in [1.165, 1.54) is 0 Å². The van der Waals surface area contributed by atoms with E-state index in [4.69, 9.17) is 14.2 Å². The van der Waals surface area contributed by atoms with Gasteiger partial charge in [0.15, 0.2) is 5.79 Å². The average molecular weight is 542 g/mol. The highest BCUT2D eigenvalue weighted by Crippen LogP contribution is 2.55. The molecule has 0 aromatic heterocycles. The molecule has 1 unspecified atom stereocenters. The number of amides is 2. The van der Waals surface area contributed by atoms with Gasteiger partial charge < -0.3 is 19.5 Å². The zero-order valence-electron chi connectivity index (χ0n) is 24.1. The standard InChI is InChI=1S/C29H43N3O5Si/c1-27(2)22-17-30-24(31-25(33)29(15-12-16-29)38(6,7)8)21(22)18-32(27)26(34)36-19-23(37-28(3,4)35-5)20-13-10-9-11-14-20/h9-11,13-14,23H,12,15-19H2,1-8H3,(H,30,31,33). The number of benzene rings is 1. The number of hydrogen-bond acceptors (Lipinski definition) is 6. The van der Waals surface area contributed by atoms with Crippen LogP contribution in [-0.2, 0) is 19.0 Å². The summed E-state index contributed by atoms with van der Waals surface area (Å²) < 4.78 is 17.4. The van der Waals surface area contributed by atoms with Crippen molar-refractivity contribution in [2.75, 3.05) is 26.8 Å². The Labute approximate surface area is 227 Å². The van der Waals surface area contributed by atoms with Crippen LogP contribution < -0.4 is 5.32 Å². The zero-order chi connectivity index (χ0) is 27.9. The van der Waals surface area contributed by atoms with Crippen LogP contribution in [0.4, 0.5) is 4.79 Å². The molecular formula is C29H43N3O5Si. The lowest BCUT2D eigenvalue weighted by atomic mass is 9.83. The van der Waals surface area contributed by atoms with Crippen LogP contribution in [0.25, 0.3) is 0 Å². The second-order valence-corrected chi connectivity index (χ2v) is 18.1. The molecule has 2 heterocycles. The molecule has 0 bridgehead atoms. The van der Waals surface area contributed by atoms with Gasteiger partial charge in [0.2, 0.25) is 5.91 Å². The van der Waals surface area contributed by atoms with E-state index < -0.39 is 31.6 Å². The second-order valence-electron chi connectivity index (χ2n) is 12.6. The molecule has 2 aliphatic heterocycles. The molecule has 1 aromatic carbocycles. The quantitative estimate of drug-likeness (QED) is 0.349. The monoisotopic (exact) mass is 541 g/mol. The molecule has 1 aliphatic carbocycles.